The topological polar surface area (TPSA) is 69.2 Å². The van der Waals surface area contributed by atoms with Gasteiger partial charge < -0.3 is 14.2 Å². The average Bonchev–Trinajstić information content (AvgIpc) is 2.69. The van der Waals surface area contributed by atoms with Crippen LogP contribution in [0.3, 0.4) is 0 Å². The number of hydrazone groups is 1. The Morgan fingerprint density at radius 2 is 1.97 bits per heavy atom. The standard InChI is InChI=1S/C22H27BrN2O4/c1-6-28-20-8-7-17(27-5)10-16(20)12-24-25-22(26)13-29-21-9-15(4)19(23)11-18(21)14(2)3/h7-12,14H,6,13H2,1-5H3,(H,25,26). The molecular weight excluding hydrogens is 436 g/mol. The molecule has 2 aromatic rings. The van der Waals surface area contributed by atoms with Crippen LogP contribution in [0.1, 0.15) is 43.4 Å². The second kappa shape index (κ2) is 10.9. The van der Waals surface area contributed by atoms with Crippen molar-refractivity contribution in [2.45, 2.75) is 33.6 Å². The van der Waals surface area contributed by atoms with E-state index in [2.05, 4.69) is 40.3 Å². The molecule has 1 N–H and O–H groups in total. The third kappa shape index (κ3) is 6.49. The highest BCUT2D eigenvalue weighted by molar-refractivity contribution is 9.10. The molecule has 6 nitrogen and oxygen atoms in total. The maximum atomic E-state index is 12.2. The Balaban J connectivity index is 2.02. The zero-order valence-corrected chi connectivity index (χ0v) is 19.0. The highest BCUT2D eigenvalue weighted by atomic mass is 79.9. The van der Waals surface area contributed by atoms with E-state index < -0.39 is 0 Å². The van der Waals surface area contributed by atoms with Crippen molar-refractivity contribution in [1.82, 2.24) is 5.43 Å². The molecule has 0 spiro atoms. The normalized spacial score (nSPS) is 11.0. The molecule has 2 rings (SSSR count). The van der Waals surface area contributed by atoms with Crippen molar-refractivity contribution in [3.63, 3.8) is 0 Å². The first-order chi connectivity index (χ1) is 13.8. The molecule has 0 aromatic heterocycles. The Kier molecular flexibility index (Phi) is 8.51. The van der Waals surface area contributed by atoms with E-state index in [1.165, 1.54) is 6.21 Å². The van der Waals surface area contributed by atoms with Gasteiger partial charge in [0.2, 0.25) is 0 Å². The fourth-order valence-electron chi connectivity index (χ4n) is 2.64. The van der Waals surface area contributed by atoms with Gasteiger partial charge in [0.15, 0.2) is 6.61 Å². The zero-order valence-electron chi connectivity index (χ0n) is 17.4. The Morgan fingerprint density at radius 3 is 2.62 bits per heavy atom. The van der Waals surface area contributed by atoms with E-state index in [1.807, 2.05) is 26.0 Å². The minimum atomic E-state index is -0.350. The van der Waals surface area contributed by atoms with Crippen molar-refractivity contribution >= 4 is 28.1 Å². The van der Waals surface area contributed by atoms with Crippen molar-refractivity contribution < 1.29 is 19.0 Å². The number of aryl methyl sites for hydroxylation is 1. The van der Waals surface area contributed by atoms with Crippen molar-refractivity contribution in [2.75, 3.05) is 20.3 Å². The predicted octanol–water partition coefficient (Wildman–Crippen LogP) is 4.82. The minimum Gasteiger partial charge on any atom is -0.497 e. The summed E-state index contributed by atoms with van der Waals surface area (Å²) in [6.07, 6.45) is 1.52. The van der Waals surface area contributed by atoms with Crippen LogP contribution in [0.2, 0.25) is 0 Å². The molecule has 0 aliphatic heterocycles. The summed E-state index contributed by atoms with van der Waals surface area (Å²) in [5.41, 5.74) is 5.27. The molecule has 29 heavy (non-hydrogen) atoms. The molecule has 0 bridgehead atoms. The number of methoxy groups -OCH3 is 1. The van der Waals surface area contributed by atoms with Crippen LogP contribution in [-0.4, -0.2) is 32.4 Å². The Hall–Kier alpha value is -2.54. The van der Waals surface area contributed by atoms with Gasteiger partial charge in [0.05, 0.1) is 19.9 Å². The summed E-state index contributed by atoms with van der Waals surface area (Å²) in [5, 5.41) is 4.01. The number of halogens is 1. The fourth-order valence-corrected chi connectivity index (χ4v) is 3.00. The lowest BCUT2D eigenvalue weighted by Gasteiger charge is -2.15. The second-order valence-corrected chi connectivity index (χ2v) is 7.57. The molecule has 0 unspecified atom stereocenters. The molecule has 0 fully saturated rings. The van der Waals surface area contributed by atoms with Gasteiger partial charge in [-0.3, -0.25) is 4.79 Å². The van der Waals surface area contributed by atoms with E-state index in [-0.39, 0.29) is 18.4 Å². The van der Waals surface area contributed by atoms with Crippen molar-refractivity contribution in [1.29, 1.82) is 0 Å². The van der Waals surface area contributed by atoms with Crippen molar-refractivity contribution in [3.8, 4) is 17.2 Å². The number of hydrogen-bond donors (Lipinski definition) is 1. The number of nitrogens with zero attached hydrogens (tertiary/aromatic N) is 1. The summed E-state index contributed by atoms with van der Waals surface area (Å²) in [6.45, 7) is 8.44. The summed E-state index contributed by atoms with van der Waals surface area (Å²) < 4.78 is 17.6. The molecule has 2 aromatic carbocycles. The van der Waals surface area contributed by atoms with Crippen molar-refractivity contribution in [3.05, 3.63) is 51.5 Å². The molecule has 0 radical (unpaired) electrons. The third-order valence-electron chi connectivity index (χ3n) is 4.18. The van der Waals surface area contributed by atoms with Gasteiger partial charge in [-0.2, -0.15) is 5.10 Å². The van der Waals surface area contributed by atoms with E-state index in [0.29, 0.717) is 29.4 Å². The first-order valence-corrected chi connectivity index (χ1v) is 10.2. The summed E-state index contributed by atoms with van der Waals surface area (Å²) in [6, 6.07) is 9.36. The maximum absolute atomic E-state index is 12.2. The number of carbonyl (C=O) groups excluding carboxylic acids is 1. The first-order valence-electron chi connectivity index (χ1n) is 9.41. The molecule has 7 heteroatoms. The van der Waals surface area contributed by atoms with Gasteiger partial charge in [-0.1, -0.05) is 29.8 Å². The van der Waals surface area contributed by atoms with Crippen LogP contribution in [-0.2, 0) is 4.79 Å². The molecule has 0 atom stereocenters. The van der Waals surface area contributed by atoms with Crippen LogP contribution >= 0.6 is 15.9 Å². The largest absolute Gasteiger partial charge is 0.497 e. The van der Waals surface area contributed by atoms with Gasteiger partial charge in [0.1, 0.15) is 17.2 Å². The predicted molar refractivity (Wildman–Crippen MR) is 118 cm³/mol. The van der Waals surface area contributed by atoms with Crippen LogP contribution in [0.4, 0.5) is 0 Å². The van der Waals surface area contributed by atoms with E-state index in [9.17, 15) is 4.79 Å². The average molecular weight is 463 g/mol. The summed E-state index contributed by atoms with van der Waals surface area (Å²) >= 11 is 3.54. The van der Waals surface area contributed by atoms with Gasteiger partial charge in [0, 0.05) is 10.0 Å². The number of benzene rings is 2. The molecular formula is C22H27BrN2O4. The monoisotopic (exact) mass is 462 g/mol. The summed E-state index contributed by atoms with van der Waals surface area (Å²) in [4.78, 5) is 12.2. The fraction of sp³-hybridized carbons (Fsp3) is 0.364. The van der Waals surface area contributed by atoms with Crippen LogP contribution in [0.5, 0.6) is 17.2 Å². The molecule has 0 saturated carbocycles. The van der Waals surface area contributed by atoms with Crippen LogP contribution < -0.4 is 19.6 Å². The van der Waals surface area contributed by atoms with E-state index in [0.717, 1.165) is 15.6 Å². The first kappa shape index (κ1) is 22.7. The van der Waals surface area contributed by atoms with Gasteiger partial charge in [-0.05, 0) is 61.2 Å². The second-order valence-electron chi connectivity index (χ2n) is 6.71. The lowest BCUT2D eigenvalue weighted by atomic mass is 10.0. The van der Waals surface area contributed by atoms with Gasteiger partial charge in [-0.15, -0.1) is 0 Å². The summed E-state index contributed by atoms with van der Waals surface area (Å²) in [5.74, 6) is 1.96. The van der Waals surface area contributed by atoms with Crippen LogP contribution in [0, 0.1) is 6.92 Å². The number of ether oxygens (including phenoxy) is 3. The Labute approximate surface area is 180 Å². The Morgan fingerprint density at radius 1 is 1.21 bits per heavy atom. The summed E-state index contributed by atoms with van der Waals surface area (Å²) in [7, 11) is 1.59. The van der Waals surface area contributed by atoms with Crippen LogP contribution in [0.25, 0.3) is 0 Å². The Bertz CT molecular complexity index is 881. The third-order valence-corrected chi connectivity index (χ3v) is 5.04. The minimum absolute atomic E-state index is 0.130. The molecule has 0 saturated heterocycles. The number of amides is 1. The molecule has 0 aliphatic carbocycles. The number of rotatable bonds is 9. The van der Waals surface area contributed by atoms with E-state index in [1.54, 1.807) is 25.3 Å². The molecule has 156 valence electrons. The van der Waals surface area contributed by atoms with Crippen LogP contribution in [0.15, 0.2) is 39.9 Å². The molecule has 1 amide bonds. The van der Waals surface area contributed by atoms with E-state index in [4.69, 9.17) is 14.2 Å². The van der Waals surface area contributed by atoms with Gasteiger partial charge in [0.25, 0.3) is 5.91 Å². The SMILES string of the molecule is CCOc1ccc(OC)cc1C=NNC(=O)COc1cc(C)c(Br)cc1C(C)C. The number of hydrogen-bond acceptors (Lipinski definition) is 5. The number of carbonyl (C=O) groups is 1. The quantitative estimate of drug-likeness (QED) is 0.428. The highest BCUT2D eigenvalue weighted by Crippen LogP contribution is 2.32. The molecule has 0 heterocycles. The van der Waals surface area contributed by atoms with Gasteiger partial charge in [-0.25, -0.2) is 5.43 Å². The van der Waals surface area contributed by atoms with E-state index >= 15 is 0 Å². The maximum Gasteiger partial charge on any atom is 0.277 e. The highest BCUT2D eigenvalue weighted by Gasteiger charge is 2.12. The lowest BCUT2D eigenvalue weighted by Crippen LogP contribution is -2.25. The lowest BCUT2D eigenvalue weighted by molar-refractivity contribution is -0.123. The zero-order chi connectivity index (χ0) is 21.4. The smallest absolute Gasteiger partial charge is 0.277 e. The van der Waals surface area contributed by atoms with Gasteiger partial charge >= 0.3 is 0 Å². The number of nitrogens with one attached hydrogen (secondary N) is 1. The van der Waals surface area contributed by atoms with Crippen molar-refractivity contribution in [2.24, 2.45) is 5.10 Å². The molecule has 0 aliphatic rings.